The molecule has 1 aliphatic rings. The summed E-state index contributed by atoms with van der Waals surface area (Å²) in [6, 6.07) is 7.32. The maximum Gasteiger partial charge on any atom is 0.407 e. The first kappa shape index (κ1) is 23.6. The molecular formula is C24H34N4O4. The second-order valence-electron chi connectivity index (χ2n) is 9.47. The summed E-state index contributed by atoms with van der Waals surface area (Å²) >= 11 is 0. The van der Waals surface area contributed by atoms with Crippen molar-refractivity contribution in [1.29, 1.82) is 0 Å². The minimum Gasteiger partial charge on any atom is -0.444 e. The molecule has 3 rings (SSSR count). The van der Waals surface area contributed by atoms with Crippen LogP contribution in [0.5, 0.6) is 0 Å². The van der Waals surface area contributed by atoms with Crippen LogP contribution < -0.4 is 10.6 Å². The summed E-state index contributed by atoms with van der Waals surface area (Å²) in [4.78, 5) is 41.9. The zero-order valence-electron chi connectivity index (χ0n) is 19.4. The average Bonchev–Trinajstić information content (AvgIpc) is 3.13. The van der Waals surface area contributed by atoms with E-state index in [2.05, 4.69) is 15.6 Å². The topological polar surface area (TPSA) is 104 Å². The van der Waals surface area contributed by atoms with Crippen LogP contribution in [0.2, 0.25) is 0 Å². The molecule has 0 spiro atoms. The molecule has 1 saturated heterocycles. The average molecular weight is 443 g/mol. The van der Waals surface area contributed by atoms with Gasteiger partial charge in [-0.3, -0.25) is 9.59 Å². The summed E-state index contributed by atoms with van der Waals surface area (Å²) in [5.41, 5.74) is 1.49. The van der Waals surface area contributed by atoms with E-state index in [9.17, 15) is 14.4 Å². The SMILES string of the molecule is CC(=O)NC(Cc1c[nH]c2ccccc12)C(=O)N1CCC(CNC(=O)OC(C)(C)C)CC1. The third kappa shape index (κ3) is 6.48. The van der Waals surface area contributed by atoms with Crippen LogP contribution in [-0.2, 0) is 20.7 Å². The van der Waals surface area contributed by atoms with E-state index in [0.717, 1.165) is 29.3 Å². The minimum absolute atomic E-state index is 0.0657. The molecule has 174 valence electrons. The maximum atomic E-state index is 13.2. The molecule has 1 aliphatic heterocycles. The van der Waals surface area contributed by atoms with E-state index in [1.807, 2.05) is 56.1 Å². The van der Waals surface area contributed by atoms with Gasteiger partial charge in [-0.1, -0.05) is 18.2 Å². The molecule has 32 heavy (non-hydrogen) atoms. The number of H-pyrrole nitrogens is 1. The number of benzene rings is 1. The van der Waals surface area contributed by atoms with Crippen molar-refractivity contribution in [2.45, 2.75) is 58.6 Å². The van der Waals surface area contributed by atoms with Crippen LogP contribution in [-0.4, -0.2) is 59.1 Å². The molecule has 1 fully saturated rings. The summed E-state index contributed by atoms with van der Waals surface area (Å²) < 4.78 is 5.28. The molecule has 1 aromatic carbocycles. The Morgan fingerprint density at radius 2 is 1.88 bits per heavy atom. The summed E-state index contributed by atoms with van der Waals surface area (Å²) in [7, 11) is 0. The Morgan fingerprint density at radius 3 is 2.53 bits per heavy atom. The van der Waals surface area contributed by atoms with Crippen LogP contribution in [0.1, 0.15) is 46.1 Å². The molecule has 3 N–H and O–H groups in total. The molecule has 2 heterocycles. The van der Waals surface area contributed by atoms with E-state index in [-0.39, 0.29) is 11.8 Å². The second kappa shape index (κ2) is 10.1. The third-order valence-electron chi connectivity index (χ3n) is 5.63. The Labute approximate surface area is 189 Å². The molecule has 2 aromatic rings. The molecule has 0 aliphatic carbocycles. The van der Waals surface area contributed by atoms with Gasteiger partial charge in [0.15, 0.2) is 0 Å². The first-order chi connectivity index (χ1) is 15.1. The van der Waals surface area contributed by atoms with Gasteiger partial charge < -0.3 is 25.3 Å². The Morgan fingerprint density at radius 1 is 1.19 bits per heavy atom. The Hall–Kier alpha value is -3.03. The fourth-order valence-corrected chi connectivity index (χ4v) is 4.09. The third-order valence-corrected chi connectivity index (χ3v) is 5.63. The van der Waals surface area contributed by atoms with Gasteiger partial charge in [-0.25, -0.2) is 4.79 Å². The Bertz CT molecular complexity index is 954. The number of para-hydroxylation sites is 1. The fourth-order valence-electron chi connectivity index (χ4n) is 4.09. The molecule has 1 unspecified atom stereocenters. The predicted octanol–water partition coefficient (Wildman–Crippen LogP) is 2.98. The number of rotatable bonds is 6. The lowest BCUT2D eigenvalue weighted by Gasteiger charge is -2.34. The number of likely N-dealkylation sites (tertiary alicyclic amines) is 1. The van der Waals surface area contributed by atoms with Crippen LogP contribution in [0.3, 0.4) is 0 Å². The van der Waals surface area contributed by atoms with Crippen molar-refractivity contribution in [3.05, 3.63) is 36.0 Å². The summed E-state index contributed by atoms with van der Waals surface area (Å²) in [6.07, 6.45) is 3.51. The van der Waals surface area contributed by atoms with Crippen molar-refractivity contribution in [3.8, 4) is 0 Å². The number of aromatic nitrogens is 1. The molecule has 0 bridgehead atoms. The lowest BCUT2D eigenvalue weighted by atomic mass is 9.95. The highest BCUT2D eigenvalue weighted by molar-refractivity contribution is 5.89. The van der Waals surface area contributed by atoms with Crippen LogP contribution in [0, 0.1) is 5.92 Å². The fraction of sp³-hybridized carbons (Fsp3) is 0.542. The van der Waals surface area contributed by atoms with Gasteiger partial charge in [0.2, 0.25) is 11.8 Å². The number of nitrogens with zero attached hydrogens (tertiary/aromatic N) is 1. The van der Waals surface area contributed by atoms with Gasteiger partial charge >= 0.3 is 6.09 Å². The largest absolute Gasteiger partial charge is 0.444 e. The normalized spacial score (nSPS) is 15.9. The first-order valence-electron chi connectivity index (χ1n) is 11.2. The number of amides is 3. The van der Waals surface area contributed by atoms with E-state index in [4.69, 9.17) is 4.74 Å². The van der Waals surface area contributed by atoms with Gasteiger partial charge in [-0.15, -0.1) is 0 Å². The van der Waals surface area contributed by atoms with E-state index in [1.54, 1.807) is 0 Å². The van der Waals surface area contributed by atoms with Gasteiger partial charge in [0.1, 0.15) is 11.6 Å². The van der Waals surface area contributed by atoms with Crippen molar-refractivity contribution < 1.29 is 19.1 Å². The summed E-state index contributed by atoms with van der Waals surface area (Å²) in [6.45, 7) is 8.66. The van der Waals surface area contributed by atoms with Crippen molar-refractivity contribution in [3.63, 3.8) is 0 Å². The highest BCUT2D eigenvalue weighted by Crippen LogP contribution is 2.22. The summed E-state index contributed by atoms with van der Waals surface area (Å²) in [5, 5.41) is 6.72. The number of ether oxygens (including phenoxy) is 1. The number of piperidine rings is 1. The maximum absolute atomic E-state index is 13.2. The number of aromatic amines is 1. The molecule has 0 saturated carbocycles. The zero-order chi connectivity index (χ0) is 23.3. The van der Waals surface area contributed by atoms with E-state index in [0.29, 0.717) is 32.0 Å². The van der Waals surface area contributed by atoms with E-state index < -0.39 is 17.7 Å². The van der Waals surface area contributed by atoms with Crippen molar-refractivity contribution >= 4 is 28.8 Å². The molecule has 3 amide bonds. The van der Waals surface area contributed by atoms with E-state index >= 15 is 0 Å². The smallest absolute Gasteiger partial charge is 0.407 e. The monoisotopic (exact) mass is 442 g/mol. The van der Waals surface area contributed by atoms with Gasteiger partial charge in [0.25, 0.3) is 0 Å². The number of hydrogen-bond donors (Lipinski definition) is 3. The van der Waals surface area contributed by atoms with Gasteiger partial charge in [-0.2, -0.15) is 0 Å². The zero-order valence-corrected chi connectivity index (χ0v) is 19.4. The molecule has 1 atom stereocenters. The van der Waals surface area contributed by atoms with Crippen molar-refractivity contribution in [2.75, 3.05) is 19.6 Å². The van der Waals surface area contributed by atoms with Crippen molar-refractivity contribution in [2.24, 2.45) is 5.92 Å². The molecule has 8 nitrogen and oxygen atoms in total. The van der Waals surface area contributed by atoms with Crippen molar-refractivity contribution in [1.82, 2.24) is 20.5 Å². The number of hydrogen-bond acceptors (Lipinski definition) is 4. The second-order valence-corrected chi connectivity index (χ2v) is 9.47. The highest BCUT2D eigenvalue weighted by Gasteiger charge is 2.30. The van der Waals surface area contributed by atoms with Crippen LogP contribution in [0.15, 0.2) is 30.5 Å². The Kier molecular flexibility index (Phi) is 7.43. The standard InChI is InChI=1S/C24H34N4O4/c1-16(29)27-21(13-18-15-25-20-8-6-5-7-19(18)20)22(30)28-11-9-17(10-12-28)14-26-23(31)32-24(2,3)4/h5-8,15,17,21,25H,9-14H2,1-4H3,(H,26,31)(H,27,29). The molecular weight excluding hydrogens is 408 g/mol. The first-order valence-corrected chi connectivity index (χ1v) is 11.2. The molecule has 8 heteroatoms. The molecule has 1 aromatic heterocycles. The van der Waals surface area contributed by atoms with Gasteiger partial charge in [0.05, 0.1) is 0 Å². The highest BCUT2D eigenvalue weighted by atomic mass is 16.6. The summed E-state index contributed by atoms with van der Waals surface area (Å²) in [5.74, 6) is 0.00284. The van der Waals surface area contributed by atoms with Crippen LogP contribution in [0.25, 0.3) is 10.9 Å². The molecule has 0 radical (unpaired) electrons. The number of carbonyl (C=O) groups excluding carboxylic acids is 3. The van der Waals surface area contributed by atoms with E-state index in [1.165, 1.54) is 6.92 Å². The minimum atomic E-state index is -0.608. The number of carbonyl (C=O) groups is 3. The quantitative estimate of drug-likeness (QED) is 0.640. The lowest BCUT2D eigenvalue weighted by molar-refractivity contribution is -0.137. The lowest BCUT2D eigenvalue weighted by Crippen LogP contribution is -2.51. The Balaban J connectivity index is 1.56. The van der Waals surface area contributed by atoms with Crippen LogP contribution >= 0.6 is 0 Å². The van der Waals surface area contributed by atoms with Gasteiger partial charge in [0, 0.05) is 50.1 Å². The number of fused-ring (bicyclic) bond motifs is 1. The van der Waals surface area contributed by atoms with Gasteiger partial charge in [-0.05, 0) is 51.2 Å². The number of nitrogens with one attached hydrogen (secondary N) is 3. The predicted molar refractivity (Wildman–Crippen MR) is 123 cm³/mol. The van der Waals surface area contributed by atoms with Crippen LogP contribution in [0.4, 0.5) is 4.79 Å². The number of alkyl carbamates (subject to hydrolysis) is 1.